The molecule has 1 unspecified atom stereocenters. The lowest BCUT2D eigenvalue weighted by molar-refractivity contribution is -0.149. The zero-order valence-electron chi connectivity index (χ0n) is 14.0. The topological polar surface area (TPSA) is 55.8 Å². The highest BCUT2D eigenvalue weighted by atomic mass is 35.5. The summed E-state index contributed by atoms with van der Waals surface area (Å²) in [5.41, 5.74) is 2.30. The standard InChI is InChI=1S/C19H18ClNO4/c1-24-15-7-5-14(6-8-15)21-17-10-4-13(20)11-12(17)3-9-16(18(21)22)19(23)25-2/h4-8,10-11,16H,3,9H2,1-2H3. The highest BCUT2D eigenvalue weighted by Crippen LogP contribution is 2.37. The quantitative estimate of drug-likeness (QED) is 0.618. The van der Waals surface area contributed by atoms with Crippen LogP contribution >= 0.6 is 11.6 Å². The number of aryl methyl sites for hydroxylation is 1. The molecule has 1 aliphatic rings. The van der Waals surface area contributed by atoms with Crippen molar-refractivity contribution in [3.63, 3.8) is 0 Å². The van der Waals surface area contributed by atoms with E-state index in [0.29, 0.717) is 29.3 Å². The second kappa shape index (κ2) is 7.15. The van der Waals surface area contributed by atoms with E-state index in [1.54, 1.807) is 48.4 Å². The van der Waals surface area contributed by atoms with Gasteiger partial charge in [-0.15, -0.1) is 0 Å². The van der Waals surface area contributed by atoms with E-state index < -0.39 is 11.9 Å². The predicted octanol–water partition coefficient (Wildman–Crippen LogP) is 3.75. The maximum absolute atomic E-state index is 13.1. The Morgan fingerprint density at radius 3 is 2.52 bits per heavy atom. The first-order valence-electron chi connectivity index (χ1n) is 7.89. The molecule has 0 saturated heterocycles. The van der Waals surface area contributed by atoms with E-state index in [1.165, 1.54) is 7.11 Å². The van der Waals surface area contributed by atoms with Gasteiger partial charge < -0.3 is 9.47 Å². The second-order valence-corrected chi connectivity index (χ2v) is 6.20. The monoisotopic (exact) mass is 359 g/mol. The predicted molar refractivity (Wildman–Crippen MR) is 95.4 cm³/mol. The van der Waals surface area contributed by atoms with Crippen molar-refractivity contribution < 1.29 is 19.1 Å². The molecule has 0 saturated carbocycles. The van der Waals surface area contributed by atoms with Gasteiger partial charge in [0.15, 0.2) is 0 Å². The van der Waals surface area contributed by atoms with Gasteiger partial charge in [0, 0.05) is 10.7 Å². The van der Waals surface area contributed by atoms with Crippen LogP contribution in [0.3, 0.4) is 0 Å². The third-order valence-electron chi connectivity index (χ3n) is 4.32. The Balaban J connectivity index is 2.11. The Morgan fingerprint density at radius 1 is 1.16 bits per heavy atom. The molecular weight excluding hydrogens is 342 g/mol. The molecule has 1 aliphatic heterocycles. The van der Waals surface area contributed by atoms with Gasteiger partial charge in [-0.3, -0.25) is 14.5 Å². The summed E-state index contributed by atoms with van der Waals surface area (Å²) in [6.45, 7) is 0. The number of fused-ring (bicyclic) bond motifs is 1. The zero-order chi connectivity index (χ0) is 18.0. The summed E-state index contributed by atoms with van der Waals surface area (Å²) in [5, 5.41) is 0.595. The summed E-state index contributed by atoms with van der Waals surface area (Å²) in [6.07, 6.45) is 0.944. The fourth-order valence-corrected chi connectivity index (χ4v) is 3.22. The van der Waals surface area contributed by atoms with Crippen molar-refractivity contribution in [3.8, 4) is 5.75 Å². The van der Waals surface area contributed by atoms with Gasteiger partial charge in [0.25, 0.3) is 0 Å². The maximum atomic E-state index is 13.1. The molecule has 0 fully saturated rings. The van der Waals surface area contributed by atoms with Gasteiger partial charge in [-0.05, 0) is 60.9 Å². The van der Waals surface area contributed by atoms with Gasteiger partial charge in [-0.2, -0.15) is 0 Å². The number of esters is 1. The molecule has 6 heteroatoms. The molecule has 3 rings (SSSR count). The van der Waals surface area contributed by atoms with E-state index in [9.17, 15) is 9.59 Å². The lowest BCUT2D eigenvalue weighted by Gasteiger charge is -2.25. The average molecular weight is 360 g/mol. The van der Waals surface area contributed by atoms with E-state index in [4.69, 9.17) is 21.1 Å². The molecular formula is C19H18ClNO4. The lowest BCUT2D eigenvalue weighted by atomic mass is 10.0. The van der Waals surface area contributed by atoms with E-state index in [0.717, 1.165) is 11.3 Å². The Hall–Kier alpha value is -2.53. The van der Waals surface area contributed by atoms with Crippen LogP contribution in [0.2, 0.25) is 5.02 Å². The first-order valence-corrected chi connectivity index (χ1v) is 8.27. The first kappa shape index (κ1) is 17.3. The number of nitrogens with zero attached hydrogens (tertiary/aromatic N) is 1. The number of rotatable bonds is 3. The van der Waals surface area contributed by atoms with Crippen LogP contribution in [0.1, 0.15) is 12.0 Å². The minimum absolute atomic E-state index is 0.307. The smallest absolute Gasteiger partial charge is 0.318 e. The van der Waals surface area contributed by atoms with Crippen molar-refractivity contribution in [1.29, 1.82) is 0 Å². The minimum Gasteiger partial charge on any atom is -0.497 e. The molecule has 0 spiro atoms. The molecule has 1 amide bonds. The molecule has 2 aromatic rings. The van der Waals surface area contributed by atoms with Crippen LogP contribution in [0, 0.1) is 5.92 Å². The van der Waals surface area contributed by atoms with Gasteiger partial charge in [0.2, 0.25) is 5.91 Å². The van der Waals surface area contributed by atoms with E-state index in [1.807, 2.05) is 6.07 Å². The molecule has 1 atom stereocenters. The summed E-state index contributed by atoms with van der Waals surface area (Å²) in [5.74, 6) is -0.995. The van der Waals surface area contributed by atoms with Crippen LogP contribution in [0.25, 0.3) is 0 Å². The largest absolute Gasteiger partial charge is 0.497 e. The highest BCUT2D eigenvalue weighted by Gasteiger charge is 2.36. The van der Waals surface area contributed by atoms with Crippen molar-refractivity contribution >= 4 is 34.9 Å². The number of hydrogen-bond acceptors (Lipinski definition) is 4. The number of benzene rings is 2. The number of hydrogen-bond donors (Lipinski definition) is 0. The van der Waals surface area contributed by atoms with Gasteiger partial charge in [-0.1, -0.05) is 11.6 Å². The SMILES string of the molecule is COC(=O)C1CCc2cc(Cl)ccc2N(c2ccc(OC)cc2)C1=O. The van der Waals surface area contributed by atoms with Crippen LogP contribution in [-0.4, -0.2) is 26.1 Å². The van der Waals surface area contributed by atoms with E-state index in [-0.39, 0.29) is 5.91 Å². The van der Waals surface area contributed by atoms with Crippen LogP contribution < -0.4 is 9.64 Å². The zero-order valence-corrected chi connectivity index (χ0v) is 14.7. The average Bonchev–Trinajstić information content (AvgIpc) is 2.77. The third-order valence-corrected chi connectivity index (χ3v) is 4.55. The molecule has 0 aliphatic carbocycles. The summed E-state index contributed by atoms with van der Waals surface area (Å²) >= 11 is 6.11. The second-order valence-electron chi connectivity index (χ2n) is 5.76. The van der Waals surface area contributed by atoms with Gasteiger partial charge >= 0.3 is 5.97 Å². The lowest BCUT2D eigenvalue weighted by Crippen LogP contribution is -2.36. The molecule has 5 nitrogen and oxygen atoms in total. The third kappa shape index (κ3) is 3.33. The number of amides is 1. The van der Waals surface area contributed by atoms with Crippen LogP contribution in [0.15, 0.2) is 42.5 Å². The molecule has 0 N–H and O–H groups in total. The Morgan fingerprint density at radius 2 is 1.88 bits per heavy atom. The van der Waals surface area contributed by atoms with Crippen molar-refractivity contribution in [2.75, 3.05) is 19.1 Å². The summed E-state index contributed by atoms with van der Waals surface area (Å²) in [7, 11) is 2.87. The molecule has 0 radical (unpaired) electrons. The molecule has 0 aromatic heterocycles. The number of methoxy groups -OCH3 is 2. The maximum Gasteiger partial charge on any atom is 0.318 e. The Labute approximate surface area is 151 Å². The van der Waals surface area contributed by atoms with Crippen molar-refractivity contribution in [3.05, 3.63) is 53.1 Å². The van der Waals surface area contributed by atoms with Crippen molar-refractivity contribution in [1.82, 2.24) is 0 Å². The molecule has 2 aromatic carbocycles. The number of carbonyl (C=O) groups excluding carboxylic acids is 2. The molecule has 0 bridgehead atoms. The van der Waals surface area contributed by atoms with E-state index in [2.05, 4.69) is 0 Å². The number of ether oxygens (including phenoxy) is 2. The normalized spacial score (nSPS) is 16.8. The molecule has 25 heavy (non-hydrogen) atoms. The van der Waals surface area contributed by atoms with Crippen LogP contribution in [0.4, 0.5) is 11.4 Å². The van der Waals surface area contributed by atoms with Crippen molar-refractivity contribution in [2.24, 2.45) is 5.92 Å². The van der Waals surface area contributed by atoms with Crippen molar-refractivity contribution in [2.45, 2.75) is 12.8 Å². The Kier molecular flexibility index (Phi) is 4.95. The van der Waals surface area contributed by atoms with Gasteiger partial charge in [-0.25, -0.2) is 0 Å². The highest BCUT2D eigenvalue weighted by molar-refractivity contribution is 6.30. The minimum atomic E-state index is -0.849. The number of halogens is 1. The first-order chi connectivity index (χ1) is 12.0. The summed E-state index contributed by atoms with van der Waals surface area (Å²) < 4.78 is 10.0. The summed E-state index contributed by atoms with van der Waals surface area (Å²) in [6, 6.07) is 12.5. The van der Waals surface area contributed by atoms with Crippen LogP contribution in [-0.2, 0) is 20.7 Å². The molecule has 1 heterocycles. The number of anilines is 2. The van der Waals surface area contributed by atoms with Gasteiger partial charge in [0.05, 0.1) is 19.9 Å². The summed E-state index contributed by atoms with van der Waals surface area (Å²) in [4.78, 5) is 26.8. The Bertz CT molecular complexity index is 804. The fraction of sp³-hybridized carbons (Fsp3) is 0.263. The molecule has 130 valence electrons. The fourth-order valence-electron chi connectivity index (χ4n) is 3.03. The van der Waals surface area contributed by atoms with Crippen LogP contribution in [0.5, 0.6) is 5.75 Å². The van der Waals surface area contributed by atoms with Gasteiger partial charge in [0.1, 0.15) is 11.7 Å². The van der Waals surface area contributed by atoms with E-state index >= 15 is 0 Å². The number of carbonyl (C=O) groups is 2.